The van der Waals surface area contributed by atoms with Crippen molar-refractivity contribution in [2.75, 3.05) is 4.72 Å². The summed E-state index contributed by atoms with van der Waals surface area (Å²) in [4.78, 5) is 14.7. The Hall–Kier alpha value is -1.16. The molecule has 6 nitrogen and oxygen atoms in total. The number of sulfonamides is 1. The summed E-state index contributed by atoms with van der Waals surface area (Å²) in [6.07, 6.45) is 1.15. The number of nitrogens with one attached hydrogen (secondary N) is 1. The van der Waals surface area contributed by atoms with Gasteiger partial charge in [0.2, 0.25) is 0 Å². The second-order valence-electron chi connectivity index (χ2n) is 3.07. The molecule has 2 aromatic heterocycles. The van der Waals surface area contributed by atoms with Crippen molar-refractivity contribution in [2.45, 2.75) is 4.21 Å². The molecule has 2 rings (SSSR count). The van der Waals surface area contributed by atoms with Crippen molar-refractivity contribution in [3.8, 4) is 0 Å². The van der Waals surface area contributed by atoms with E-state index in [1.807, 2.05) is 0 Å². The lowest BCUT2D eigenvalue weighted by molar-refractivity contribution is 0.100. The van der Waals surface area contributed by atoms with E-state index in [0.717, 1.165) is 28.9 Å². The third-order valence-electron chi connectivity index (χ3n) is 1.88. The molecule has 2 heterocycles. The number of nitrogens with zero attached hydrogens (tertiary/aromatic N) is 1. The van der Waals surface area contributed by atoms with Crippen LogP contribution in [0.2, 0.25) is 4.47 Å². The van der Waals surface area contributed by atoms with Crippen molar-refractivity contribution < 1.29 is 13.2 Å². The average Bonchev–Trinajstić information content (AvgIpc) is 2.86. The monoisotopic (exact) mass is 323 g/mol. The molecular weight excluding hydrogens is 318 g/mol. The van der Waals surface area contributed by atoms with Crippen LogP contribution in [-0.4, -0.2) is 19.3 Å². The fraction of sp³-hybridized carbons (Fsp3) is 0. The molecule has 18 heavy (non-hydrogen) atoms. The van der Waals surface area contributed by atoms with Crippen LogP contribution in [0.5, 0.6) is 0 Å². The second kappa shape index (κ2) is 4.84. The minimum atomic E-state index is -3.79. The van der Waals surface area contributed by atoms with E-state index >= 15 is 0 Å². The van der Waals surface area contributed by atoms with Crippen LogP contribution in [-0.2, 0) is 10.0 Å². The lowest BCUT2D eigenvalue weighted by Crippen LogP contribution is -2.16. The number of thiophene rings is 1. The highest BCUT2D eigenvalue weighted by Crippen LogP contribution is 2.28. The molecule has 10 heteroatoms. The van der Waals surface area contributed by atoms with Crippen molar-refractivity contribution in [1.82, 2.24) is 4.98 Å². The van der Waals surface area contributed by atoms with Crippen molar-refractivity contribution in [3.05, 3.63) is 27.7 Å². The predicted octanol–water partition coefficient (Wildman–Crippen LogP) is 1.76. The highest BCUT2D eigenvalue weighted by molar-refractivity contribution is 7.94. The van der Waals surface area contributed by atoms with Crippen molar-refractivity contribution >= 4 is 55.2 Å². The molecule has 0 spiro atoms. The SMILES string of the molecule is NC(=O)c1ccsc1NS(=O)(=O)c1cnc(Cl)s1. The molecule has 0 bridgehead atoms. The molecule has 3 N–H and O–H groups in total. The minimum Gasteiger partial charge on any atom is -0.366 e. The molecular formula is C8H6ClN3O3S3. The van der Waals surface area contributed by atoms with Crippen molar-refractivity contribution in [1.29, 1.82) is 0 Å². The number of thiazole rings is 1. The maximum Gasteiger partial charge on any atom is 0.273 e. The molecule has 1 amide bonds. The number of rotatable bonds is 4. The molecule has 0 atom stereocenters. The topological polar surface area (TPSA) is 102 Å². The van der Waals surface area contributed by atoms with E-state index in [9.17, 15) is 13.2 Å². The molecule has 0 fully saturated rings. The summed E-state index contributed by atoms with van der Waals surface area (Å²) in [5, 5.41) is 1.74. The van der Waals surface area contributed by atoms with E-state index in [4.69, 9.17) is 17.3 Å². The smallest absolute Gasteiger partial charge is 0.273 e. The van der Waals surface area contributed by atoms with E-state index in [1.54, 1.807) is 5.38 Å². The molecule has 0 saturated carbocycles. The molecule has 0 aromatic carbocycles. The summed E-state index contributed by atoms with van der Waals surface area (Å²) < 4.78 is 26.3. The van der Waals surface area contributed by atoms with E-state index < -0.39 is 15.9 Å². The Kier molecular flexibility index (Phi) is 3.57. The molecule has 0 aliphatic rings. The Morgan fingerprint density at radius 1 is 1.50 bits per heavy atom. The van der Waals surface area contributed by atoms with Gasteiger partial charge in [0.05, 0.1) is 11.8 Å². The van der Waals surface area contributed by atoms with Gasteiger partial charge in [-0.2, -0.15) is 0 Å². The van der Waals surface area contributed by atoms with Crippen LogP contribution in [0.3, 0.4) is 0 Å². The fourth-order valence-electron chi connectivity index (χ4n) is 1.12. The number of carbonyl (C=O) groups excluding carboxylic acids is 1. The first kappa shape index (κ1) is 13.3. The molecule has 96 valence electrons. The van der Waals surface area contributed by atoms with Crippen molar-refractivity contribution in [2.24, 2.45) is 5.73 Å². The fourth-order valence-corrected chi connectivity index (χ4v) is 4.53. The Morgan fingerprint density at radius 2 is 2.22 bits per heavy atom. The highest BCUT2D eigenvalue weighted by Gasteiger charge is 2.21. The summed E-state index contributed by atoms with van der Waals surface area (Å²) in [6.45, 7) is 0. The molecule has 0 saturated heterocycles. The average molecular weight is 324 g/mol. The van der Waals surface area contributed by atoms with E-state index in [0.29, 0.717) is 0 Å². The maximum absolute atomic E-state index is 11.9. The summed E-state index contributed by atoms with van der Waals surface area (Å²) in [5.74, 6) is -0.698. The Morgan fingerprint density at radius 3 is 2.78 bits per heavy atom. The first-order chi connectivity index (χ1) is 8.40. The number of halogens is 1. The summed E-state index contributed by atoms with van der Waals surface area (Å²) in [7, 11) is -3.79. The van der Waals surface area contributed by atoms with Gasteiger partial charge in [-0.1, -0.05) is 22.9 Å². The zero-order chi connectivity index (χ0) is 13.3. The number of anilines is 1. The summed E-state index contributed by atoms with van der Waals surface area (Å²) in [5.41, 5.74) is 5.25. The van der Waals surface area contributed by atoms with Crippen LogP contribution in [0.1, 0.15) is 10.4 Å². The number of hydrogen-bond acceptors (Lipinski definition) is 6. The van der Waals surface area contributed by atoms with Crippen LogP contribution >= 0.6 is 34.3 Å². The van der Waals surface area contributed by atoms with Gasteiger partial charge in [0.1, 0.15) is 5.00 Å². The summed E-state index contributed by atoms with van der Waals surface area (Å²) >= 11 is 7.46. The molecule has 0 aliphatic heterocycles. The molecule has 0 radical (unpaired) electrons. The van der Waals surface area contributed by atoms with Gasteiger partial charge >= 0.3 is 0 Å². The van der Waals surface area contributed by atoms with Crippen LogP contribution in [0, 0.1) is 0 Å². The van der Waals surface area contributed by atoms with Crippen LogP contribution in [0.25, 0.3) is 0 Å². The first-order valence-electron chi connectivity index (χ1n) is 4.41. The Bertz CT molecular complexity index is 691. The lowest BCUT2D eigenvalue weighted by atomic mass is 10.3. The van der Waals surface area contributed by atoms with E-state index in [2.05, 4.69) is 9.71 Å². The largest absolute Gasteiger partial charge is 0.366 e. The number of nitrogens with two attached hydrogens (primary N) is 1. The van der Waals surface area contributed by atoms with Gasteiger partial charge < -0.3 is 5.73 Å². The molecule has 0 aliphatic carbocycles. The number of carbonyl (C=O) groups is 1. The zero-order valence-corrected chi connectivity index (χ0v) is 11.8. The van der Waals surface area contributed by atoms with Crippen LogP contribution in [0.15, 0.2) is 21.9 Å². The second-order valence-corrected chi connectivity index (χ2v) is 7.50. The number of primary amides is 1. The highest BCUT2D eigenvalue weighted by atomic mass is 35.5. The van der Waals surface area contributed by atoms with Crippen LogP contribution < -0.4 is 10.5 Å². The normalized spacial score (nSPS) is 11.4. The van der Waals surface area contributed by atoms with Gasteiger partial charge in [0.25, 0.3) is 15.9 Å². The van der Waals surface area contributed by atoms with Gasteiger partial charge in [-0.25, -0.2) is 13.4 Å². The van der Waals surface area contributed by atoms with Gasteiger partial charge in [0, 0.05) is 0 Å². The van der Waals surface area contributed by atoms with Crippen molar-refractivity contribution in [3.63, 3.8) is 0 Å². The minimum absolute atomic E-state index is 0.0312. The van der Waals surface area contributed by atoms with Crippen LogP contribution in [0.4, 0.5) is 5.00 Å². The predicted molar refractivity (Wildman–Crippen MR) is 70.8 cm³/mol. The summed E-state index contributed by atoms with van der Waals surface area (Å²) in [6, 6.07) is 1.45. The first-order valence-corrected chi connectivity index (χ1v) is 7.97. The van der Waals surface area contributed by atoms with E-state index in [-0.39, 0.29) is 19.2 Å². The third-order valence-corrected chi connectivity index (χ3v) is 5.76. The third kappa shape index (κ3) is 2.64. The Labute approximate surface area is 115 Å². The van der Waals surface area contributed by atoms with Gasteiger partial charge in [-0.3, -0.25) is 9.52 Å². The zero-order valence-electron chi connectivity index (χ0n) is 8.58. The standard InChI is InChI=1S/C8H6ClN3O3S3/c9-8-11-3-5(17-8)18(14,15)12-7-4(6(10)13)1-2-16-7/h1-3,12H,(H2,10,13). The molecule has 0 unspecified atom stereocenters. The number of hydrogen-bond donors (Lipinski definition) is 2. The van der Waals surface area contributed by atoms with Gasteiger partial charge in [-0.05, 0) is 11.4 Å². The van der Waals surface area contributed by atoms with E-state index in [1.165, 1.54) is 6.07 Å². The Balaban J connectivity index is 2.34. The van der Waals surface area contributed by atoms with Gasteiger partial charge in [-0.15, -0.1) is 11.3 Å². The quantitative estimate of drug-likeness (QED) is 0.894. The lowest BCUT2D eigenvalue weighted by Gasteiger charge is -2.04. The number of amides is 1. The maximum atomic E-state index is 11.9. The number of aromatic nitrogens is 1. The molecule has 2 aromatic rings. The van der Waals surface area contributed by atoms with Gasteiger partial charge in [0.15, 0.2) is 8.68 Å².